The summed E-state index contributed by atoms with van der Waals surface area (Å²) >= 11 is 0. The minimum Gasteiger partial charge on any atom is -0.312 e. The number of benzene rings is 1. The van der Waals surface area contributed by atoms with Gasteiger partial charge >= 0.3 is 6.18 Å². The summed E-state index contributed by atoms with van der Waals surface area (Å²) in [7, 11) is 3.76. The van der Waals surface area contributed by atoms with Gasteiger partial charge in [0.15, 0.2) is 0 Å². The minimum absolute atomic E-state index is 0.125. The molecule has 5 heteroatoms. The number of nitrogens with one attached hydrogen (secondary N) is 1. The number of rotatable bonds is 5. The number of alkyl halides is 3. The Kier molecular flexibility index (Phi) is 5.82. The zero-order chi connectivity index (χ0) is 16.3. The van der Waals surface area contributed by atoms with Crippen LogP contribution in [0.4, 0.5) is 13.2 Å². The fraction of sp³-hybridized carbons (Fsp3) is 0.625. The number of hydrogen-bond donors (Lipinski definition) is 1. The SMILES string of the molecule is CNC(CN(C)CC(C)(C)C)c1cccc(C(F)(F)F)c1. The fourth-order valence-electron chi connectivity index (χ4n) is 2.48. The molecule has 0 saturated heterocycles. The van der Waals surface area contributed by atoms with Crippen molar-refractivity contribution in [1.82, 2.24) is 10.2 Å². The first-order valence-corrected chi connectivity index (χ1v) is 7.06. The van der Waals surface area contributed by atoms with Gasteiger partial charge < -0.3 is 10.2 Å². The van der Waals surface area contributed by atoms with Gasteiger partial charge in [-0.15, -0.1) is 0 Å². The third-order valence-corrected chi connectivity index (χ3v) is 3.20. The standard InChI is InChI=1S/C16H25F3N2/c1-15(2,3)11-21(5)10-14(20-4)12-7-6-8-13(9-12)16(17,18)19/h6-9,14,20H,10-11H2,1-5H3. The number of halogens is 3. The molecule has 2 nitrogen and oxygen atoms in total. The molecule has 1 atom stereocenters. The van der Waals surface area contributed by atoms with Crippen molar-refractivity contribution in [2.75, 3.05) is 27.2 Å². The van der Waals surface area contributed by atoms with Gasteiger partial charge in [-0.2, -0.15) is 13.2 Å². The monoisotopic (exact) mass is 302 g/mol. The summed E-state index contributed by atoms with van der Waals surface area (Å²) in [5.74, 6) is 0. The first kappa shape index (κ1) is 18.0. The zero-order valence-electron chi connectivity index (χ0n) is 13.4. The van der Waals surface area contributed by atoms with Crippen molar-refractivity contribution >= 4 is 0 Å². The van der Waals surface area contributed by atoms with E-state index in [2.05, 4.69) is 31.0 Å². The Hall–Kier alpha value is -1.07. The quantitative estimate of drug-likeness (QED) is 0.886. The Morgan fingerprint density at radius 3 is 2.29 bits per heavy atom. The number of hydrogen-bond acceptors (Lipinski definition) is 2. The largest absolute Gasteiger partial charge is 0.416 e. The van der Waals surface area contributed by atoms with Gasteiger partial charge in [0.2, 0.25) is 0 Å². The molecule has 0 aromatic heterocycles. The highest BCUT2D eigenvalue weighted by Gasteiger charge is 2.31. The van der Waals surface area contributed by atoms with Crippen LogP contribution in [0.3, 0.4) is 0 Å². The van der Waals surface area contributed by atoms with Gasteiger partial charge in [-0.1, -0.05) is 32.9 Å². The summed E-state index contributed by atoms with van der Waals surface area (Å²) in [6.07, 6.45) is -4.30. The van der Waals surface area contributed by atoms with E-state index in [0.717, 1.165) is 12.6 Å². The minimum atomic E-state index is -4.30. The third-order valence-electron chi connectivity index (χ3n) is 3.20. The molecule has 0 aliphatic carbocycles. The van der Waals surface area contributed by atoms with Gasteiger partial charge in [0.1, 0.15) is 0 Å². The van der Waals surface area contributed by atoms with Crippen molar-refractivity contribution < 1.29 is 13.2 Å². The Bertz CT molecular complexity index is 450. The second kappa shape index (κ2) is 6.79. The van der Waals surface area contributed by atoms with Crippen LogP contribution >= 0.6 is 0 Å². The van der Waals surface area contributed by atoms with Crippen LogP contribution in [0.2, 0.25) is 0 Å². The van der Waals surface area contributed by atoms with Crippen LogP contribution in [-0.4, -0.2) is 32.1 Å². The molecule has 0 saturated carbocycles. The van der Waals surface area contributed by atoms with Crippen molar-refractivity contribution in [3.63, 3.8) is 0 Å². The molecule has 0 spiro atoms. The highest BCUT2D eigenvalue weighted by Crippen LogP contribution is 2.31. The van der Waals surface area contributed by atoms with Crippen molar-refractivity contribution in [2.45, 2.75) is 33.0 Å². The van der Waals surface area contributed by atoms with Gasteiger partial charge in [0.25, 0.3) is 0 Å². The van der Waals surface area contributed by atoms with Crippen molar-refractivity contribution in [2.24, 2.45) is 5.41 Å². The third kappa shape index (κ3) is 6.06. The lowest BCUT2D eigenvalue weighted by Gasteiger charge is -2.30. The molecule has 21 heavy (non-hydrogen) atoms. The average molecular weight is 302 g/mol. The topological polar surface area (TPSA) is 15.3 Å². The molecular formula is C16H25F3N2. The highest BCUT2D eigenvalue weighted by atomic mass is 19.4. The molecule has 0 fully saturated rings. The van der Waals surface area contributed by atoms with E-state index in [4.69, 9.17) is 0 Å². The van der Waals surface area contributed by atoms with E-state index >= 15 is 0 Å². The second-order valence-corrected chi connectivity index (χ2v) is 6.72. The molecule has 120 valence electrons. The molecule has 1 rings (SSSR count). The molecule has 0 aliphatic rings. The summed E-state index contributed by atoms with van der Waals surface area (Å²) in [6.45, 7) is 7.96. The van der Waals surface area contributed by atoms with Crippen LogP contribution in [0.5, 0.6) is 0 Å². The fourth-order valence-corrected chi connectivity index (χ4v) is 2.48. The number of likely N-dealkylation sites (N-methyl/N-ethyl adjacent to an activating group) is 2. The first-order chi connectivity index (χ1) is 9.53. The zero-order valence-corrected chi connectivity index (χ0v) is 13.4. The normalized spacial score (nSPS) is 14.5. The van der Waals surface area contributed by atoms with E-state index in [-0.39, 0.29) is 11.5 Å². The van der Waals surface area contributed by atoms with Crippen molar-refractivity contribution in [3.05, 3.63) is 35.4 Å². The Balaban J connectivity index is 2.86. The van der Waals surface area contributed by atoms with E-state index < -0.39 is 11.7 Å². The molecule has 1 N–H and O–H groups in total. The van der Waals surface area contributed by atoms with Crippen LogP contribution in [0.15, 0.2) is 24.3 Å². The summed E-state index contributed by atoms with van der Waals surface area (Å²) in [5, 5.41) is 3.10. The average Bonchev–Trinajstić information content (AvgIpc) is 2.33. The molecule has 1 aromatic rings. The lowest BCUT2D eigenvalue weighted by Crippen LogP contribution is -2.36. The number of nitrogens with zero attached hydrogens (tertiary/aromatic N) is 1. The maximum atomic E-state index is 12.8. The van der Waals surface area contributed by atoms with Crippen LogP contribution in [0, 0.1) is 5.41 Å². The van der Waals surface area contributed by atoms with Crippen LogP contribution in [0.25, 0.3) is 0 Å². The van der Waals surface area contributed by atoms with E-state index in [1.165, 1.54) is 12.1 Å². The van der Waals surface area contributed by atoms with E-state index in [0.29, 0.717) is 12.1 Å². The van der Waals surface area contributed by atoms with Gasteiger partial charge in [-0.05, 0) is 37.2 Å². The molecule has 0 radical (unpaired) electrons. The lowest BCUT2D eigenvalue weighted by molar-refractivity contribution is -0.137. The highest BCUT2D eigenvalue weighted by molar-refractivity contribution is 5.28. The Morgan fingerprint density at radius 1 is 1.19 bits per heavy atom. The molecule has 0 heterocycles. The predicted octanol–water partition coefficient (Wildman–Crippen LogP) is 3.94. The Labute approximate surface area is 125 Å². The maximum absolute atomic E-state index is 12.8. The van der Waals surface area contributed by atoms with Crippen LogP contribution < -0.4 is 5.32 Å². The predicted molar refractivity (Wildman–Crippen MR) is 80.2 cm³/mol. The van der Waals surface area contributed by atoms with Crippen molar-refractivity contribution in [1.29, 1.82) is 0 Å². The van der Waals surface area contributed by atoms with Crippen LogP contribution in [-0.2, 0) is 6.18 Å². The molecular weight excluding hydrogens is 277 g/mol. The summed E-state index contributed by atoms with van der Waals surface area (Å²) in [4.78, 5) is 2.14. The summed E-state index contributed by atoms with van der Waals surface area (Å²) < 4.78 is 38.4. The second-order valence-electron chi connectivity index (χ2n) is 6.72. The van der Waals surface area contributed by atoms with Crippen LogP contribution in [0.1, 0.15) is 37.9 Å². The van der Waals surface area contributed by atoms with Gasteiger partial charge in [-0.25, -0.2) is 0 Å². The molecule has 1 unspecified atom stereocenters. The smallest absolute Gasteiger partial charge is 0.312 e. The van der Waals surface area contributed by atoms with Gasteiger partial charge in [0, 0.05) is 19.1 Å². The Morgan fingerprint density at radius 2 is 1.81 bits per heavy atom. The maximum Gasteiger partial charge on any atom is 0.416 e. The van der Waals surface area contributed by atoms with E-state index in [1.54, 1.807) is 13.1 Å². The van der Waals surface area contributed by atoms with Gasteiger partial charge in [0.05, 0.1) is 5.56 Å². The first-order valence-electron chi connectivity index (χ1n) is 7.06. The summed E-state index contributed by atoms with van der Waals surface area (Å²) in [6, 6.07) is 5.41. The molecule has 0 amide bonds. The molecule has 0 bridgehead atoms. The molecule has 1 aromatic carbocycles. The van der Waals surface area contributed by atoms with E-state index in [1.807, 2.05) is 7.05 Å². The summed E-state index contributed by atoms with van der Waals surface area (Å²) in [5.41, 5.74) is 0.215. The van der Waals surface area contributed by atoms with Crippen molar-refractivity contribution in [3.8, 4) is 0 Å². The van der Waals surface area contributed by atoms with Gasteiger partial charge in [-0.3, -0.25) is 0 Å². The van der Waals surface area contributed by atoms with E-state index in [9.17, 15) is 13.2 Å². The lowest BCUT2D eigenvalue weighted by atomic mass is 9.95. The molecule has 0 aliphatic heterocycles.